The number of unbranched alkanes of at least 4 members (excludes halogenated alkanes) is 1. The second-order valence-corrected chi connectivity index (χ2v) is 5.33. The van der Waals surface area contributed by atoms with Crippen molar-refractivity contribution in [2.75, 3.05) is 6.61 Å². The monoisotopic (exact) mass is 252 g/mol. The minimum Gasteiger partial charge on any atom is -0.396 e. The van der Waals surface area contributed by atoms with Crippen molar-refractivity contribution in [1.82, 2.24) is 0 Å². The number of allylic oxidation sites excluding steroid dienone is 4. The SMILES string of the molecule is CC(/C=C/CC/C=C/C(=O)C(C)C(C)C)CCO. The fourth-order valence-corrected chi connectivity index (χ4v) is 1.50. The van der Waals surface area contributed by atoms with Crippen LogP contribution in [-0.4, -0.2) is 17.5 Å². The fourth-order valence-electron chi connectivity index (χ4n) is 1.50. The van der Waals surface area contributed by atoms with Gasteiger partial charge in [-0.05, 0) is 37.2 Å². The summed E-state index contributed by atoms with van der Waals surface area (Å²) in [6.07, 6.45) is 10.6. The first-order valence-electron chi connectivity index (χ1n) is 6.97. The van der Waals surface area contributed by atoms with Gasteiger partial charge < -0.3 is 5.11 Å². The van der Waals surface area contributed by atoms with Gasteiger partial charge in [0.05, 0.1) is 0 Å². The van der Waals surface area contributed by atoms with Gasteiger partial charge in [-0.25, -0.2) is 0 Å². The molecule has 0 saturated carbocycles. The van der Waals surface area contributed by atoms with Crippen LogP contribution in [0.5, 0.6) is 0 Å². The lowest BCUT2D eigenvalue weighted by Crippen LogP contribution is -2.14. The van der Waals surface area contributed by atoms with Crippen molar-refractivity contribution < 1.29 is 9.90 Å². The molecule has 2 heteroatoms. The highest BCUT2D eigenvalue weighted by Crippen LogP contribution is 2.11. The largest absolute Gasteiger partial charge is 0.396 e. The molecule has 0 heterocycles. The molecule has 2 nitrogen and oxygen atoms in total. The van der Waals surface area contributed by atoms with Gasteiger partial charge in [0.2, 0.25) is 0 Å². The van der Waals surface area contributed by atoms with Crippen molar-refractivity contribution in [3.8, 4) is 0 Å². The molecule has 2 unspecified atom stereocenters. The third-order valence-corrected chi connectivity index (χ3v) is 3.28. The highest BCUT2D eigenvalue weighted by atomic mass is 16.3. The van der Waals surface area contributed by atoms with Crippen molar-refractivity contribution in [1.29, 1.82) is 0 Å². The Bertz CT molecular complexity index is 277. The molecule has 0 fully saturated rings. The Balaban J connectivity index is 3.81. The maximum atomic E-state index is 11.7. The highest BCUT2D eigenvalue weighted by Gasteiger charge is 2.12. The first-order valence-corrected chi connectivity index (χ1v) is 6.97. The smallest absolute Gasteiger partial charge is 0.158 e. The molecule has 0 aliphatic rings. The Morgan fingerprint density at radius 1 is 1.11 bits per heavy atom. The Labute approximate surface area is 112 Å². The molecule has 0 aliphatic carbocycles. The van der Waals surface area contributed by atoms with Crippen molar-refractivity contribution >= 4 is 5.78 Å². The van der Waals surface area contributed by atoms with E-state index in [4.69, 9.17) is 5.11 Å². The topological polar surface area (TPSA) is 37.3 Å². The summed E-state index contributed by atoms with van der Waals surface area (Å²) in [5.74, 6) is 1.17. The predicted molar refractivity (Wildman–Crippen MR) is 77.4 cm³/mol. The Morgan fingerprint density at radius 3 is 2.28 bits per heavy atom. The molecule has 0 radical (unpaired) electrons. The van der Waals surface area contributed by atoms with Crippen molar-refractivity contribution in [2.24, 2.45) is 17.8 Å². The first kappa shape index (κ1) is 17.1. The minimum absolute atomic E-state index is 0.112. The van der Waals surface area contributed by atoms with Gasteiger partial charge in [-0.2, -0.15) is 0 Å². The van der Waals surface area contributed by atoms with Crippen molar-refractivity contribution in [3.05, 3.63) is 24.3 Å². The van der Waals surface area contributed by atoms with Gasteiger partial charge in [-0.15, -0.1) is 0 Å². The van der Waals surface area contributed by atoms with Crippen LogP contribution in [0.4, 0.5) is 0 Å². The molecule has 18 heavy (non-hydrogen) atoms. The maximum Gasteiger partial charge on any atom is 0.158 e. The molecular formula is C16H28O2. The summed E-state index contributed by atoms with van der Waals surface area (Å²) >= 11 is 0. The van der Waals surface area contributed by atoms with E-state index >= 15 is 0 Å². The van der Waals surface area contributed by atoms with Gasteiger partial charge in [-0.1, -0.05) is 45.9 Å². The van der Waals surface area contributed by atoms with Crippen LogP contribution in [0.25, 0.3) is 0 Å². The van der Waals surface area contributed by atoms with E-state index in [0.717, 1.165) is 19.3 Å². The number of carbonyl (C=O) groups is 1. The third kappa shape index (κ3) is 8.24. The molecule has 104 valence electrons. The molecule has 0 bridgehead atoms. The quantitative estimate of drug-likeness (QED) is 0.385. The number of aliphatic hydroxyl groups is 1. The third-order valence-electron chi connectivity index (χ3n) is 3.28. The van der Waals surface area contributed by atoms with Crippen LogP contribution in [-0.2, 0) is 4.79 Å². The van der Waals surface area contributed by atoms with E-state index in [9.17, 15) is 4.79 Å². The lowest BCUT2D eigenvalue weighted by molar-refractivity contribution is -0.118. The van der Waals surface area contributed by atoms with Crippen molar-refractivity contribution in [2.45, 2.75) is 47.0 Å². The number of carbonyl (C=O) groups excluding carboxylic acids is 1. The average Bonchev–Trinajstić information content (AvgIpc) is 2.32. The zero-order chi connectivity index (χ0) is 14.0. The molecule has 0 spiro atoms. The van der Waals surface area contributed by atoms with E-state index in [1.807, 2.05) is 13.0 Å². The number of hydrogen-bond acceptors (Lipinski definition) is 2. The molecule has 0 rings (SSSR count). The average molecular weight is 252 g/mol. The summed E-state index contributed by atoms with van der Waals surface area (Å²) in [6.45, 7) is 8.46. The minimum atomic E-state index is 0.112. The lowest BCUT2D eigenvalue weighted by Gasteiger charge is -2.10. The van der Waals surface area contributed by atoms with E-state index < -0.39 is 0 Å². The van der Waals surface area contributed by atoms with Crippen LogP contribution in [0.2, 0.25) is 0 Å². The second-order valence-electron chi connectivity index (χ2n) is 5.33. The first-order chi connectivity index (χ1) is 8.49. The number of aliphatic hydroxyl groups excluding tert-OH is 1. The summed E-state index contributed by atoms with van der Waals surface area (Å²) in [4.78, 5) is 11.7. The van der Waals surface area contributed by atoms with Crippen LogP contribution in [0.3, 0.4) is 0 Å². The fraction of sp³-hybridized carbons (Fsp3) is 0.688. The zero-order valence-corrected chi connectivity index (χ0v) is 12.2. The Hall–Kier alpha value is -0.890. The van der Waals surface area contributed by atoms with Gasteiger partial charge in [0.1, 0.15) is 0 Å². The number of rotatable bonds is 9. The molecule has 1 N–H and O–H groups in total. The van der Waals surface area contributed by atoms with Crippen LogP contribution < -0.4 is 0 Å². The van der Waals surface area contributed by atoms with E-state index in [1.165, 1.54) is 0 Å². The summed E-state index contributed by atoms with van der Waals surface area (Å²) in [7, 11) is 0. The number of hydrogen-bond donors (Lipinski definition) is 1. The summed E-state index contributed by atoms with van der Waals surface area (Å²) in [6, 6.07) is 0. The van der Waals surface area contributed by atoms with Gasteiger partial charge in [0.25, 0.3) is 0 Å². The molecule has 0 saturated heterocycles. The molecule has 0 aromatic rings. The van der Waals surface area contributed by atoms with Crippen LogP contribution in [0.1, 0.15) is 47.0 Å². The highest BCUT2D eigenvalue weighted by molar-refractivity contribution is 5.91. The maximum absolute atomic E-state index is 11.7. The van der Waals surface area contributed by atoms with Crippen LogP contribution >= 0.6 is 0 Å². The second kappa shape index (κ2) is 10.1. The van der Waals surface area contributed by atoms with Gasteiger partial charge in [0, 0.05) is 12.5 Å². The van der Waals surface area contributed by atoms with Crippen molar-refractivity contribution in [3.63, 3.8) is 0 Å². The predicted octanol–water partition coefficient (Wildman–Crippen LogP) is 3.76. The van der Waals surface area contributed by atoms with Crippen LogP contribution in [0, 0.1) is 17.8 Å². The van der Waals surface area contributed by atoms with Crippen LogP contribution in [0.15, 0.2) is 24.3 Å². The Morgan fingerprint density at radius 2 is 1.72 bits per heavy atom. The van der Waals surface area contributed by atoms with Gasteiger partial charge in [0.15, 0.2) is 5.78 Å². The molecule has 2 atom stereocenters. The van der Waals surface area contributed by atoms with Gasteiger partial charge in [-0.3, -0.25) is 4.79 Å². The summed E-state index contributed by atoms with van der Waals surface area (Å²) < 4.78 is 0. The molecule has 0 aliphatic heterocycles. The lowest BCUT2D eigenvalue weighted by atomic mass is 9.93. The van der Waals surface area contributed by atoms with E-state index in [-0.39, 0.29) is 18.3 Å². The molecule has 0 amide bonds. The summed E-state index contributed by atoms with van der Waals surface area (Å²) in [5, 5.41) is 8.75. The van der Waals surface area contributed by atoms with E-state index in [2.05, 4.69) is 32.9 Å². The summed E-state index contributed by atoms with van der Waals surface area (Å²) in [5.41, 5.74) is 0. The van der Waals surface area contributed by atoms with Gasteiger partial charge >= 0.3 is 0 Å². The molecule has 0 aromatic heterocycles. The zero-order valence-electron chi connectivity index (χ0n) is 12.2. The molecular weight excluding hydrogens is 224 g/mol. The van der Waals surface area contributed by atoms with E-state index in [0.29, 0.717) is 11.8 Å². The number of ketones is 1. The molecule has 0 aromatic carbocycles. The normalized spacial score (nSPS) is 15.7. The standard InChI is InChI=1S/C16H28O2/c1-13(2)15(4)16(18)10-8-6-5-7-9-14(3)11-12-17/h7-10,13-15,17H,5-6,11-12H2,1-4H3/b9-7+,10-8+. The Kier molecular flexibility index (Phi) is 9.57. The van der Waals surface area contributed by atoms with E-state index in [1.54, 1.807) is 6.08 Å².